The molecule has 2 aromatic carbocycles. The van der Waals surface area contributed by atoms with Gasteiger partial charge in [0.1, 0.15) is 0 Å². The Hall–Kier alpha value is -1.98. The molecule has 4 nitrogen and oxygen atoms in total. The Morgan fingerprint density at radius 3 is 2.74 bits per heavy atom. The second kappa shape index (κ2) is 6.64. The number of rotatable bonds is 4. The molecule has 0 N–H and O–H groups in total. The van der Waals surface area contributed by atoms with Crippen LogP contribution in [0.4, 0.5) is 0 Å². The second-order valence-corrected chi connectivity index (χ2v) is 6.88. The highest BCUT2D eigenvalue weighted by molar-refractivity contribution is 7.91. The lowest BCUT2D eigenvalue weighted by Gasteiger charge is -2.23. The van der Waals surface area contributed by atoms with Crippen molar-refractivity contribution in [1.82, 2.24) is 0 Å². The summed E-state index contributed by atoms with van der Waals surface area (Å²) >= 11 is -1.26. The quantitative estimate of drug-likeness (QED) is 0.627. The summed E-state index contributed by atoms with van der Waals surface area (Å²) < 4.78 is 23.7. The number of fused-ring (bicyclic) bond motifs is 2. The molecule has 0 aromatic heterocycles. The van der Waals surface area contributed by atoms with E-state index in [1.807, 2.05) is 49.4 Å². The number of esters is 1. The van der Waals surface area contributed by atoms with E-state index in [-0.39, 0.29) is 11.9 Å². The van der Waals surface area contributed by atoms with E-state index in [1.165, 1.54) is 0 Å². The lowest BCUT2D eigenvalue weighted by molar-refractivity contribution is -0.143. The van der Waals surface area contributed by atoms with Gasteiger partial charge < -0.3 is 14.0 Å². The van der Waals surface area contributed by atoms with Gasteiger partial charge in [-0.25, -0.2) is 0 Å². The average Bonchev–Trinajstić information content (AvgIpc) is 2.59. The maximum atomic E-state index is 12.7. The molecule has 1 heterocycles. The molecule has 5 heteroatoms. The summed E-state index contributed by atoms with van der Waals surface area (Å²) in [5.41, 5.74) is 0.976. The highest BCUT2D eigenvalue weighted by atomic mass is 32.2. The van der Waals surface area contributed by atoms with E-state index in [4.69, 9.17) is 9.47 Å². The van der Waals surface area contributed by atoms with Crippen molar-refractivity contribution >= 4 is 17.1 Å². The Bertz CT molecular complexity index is 729. The average molecular weight is 330 g/mol. The molecule has 0 spiro atoms. The van der Waals surface area contributed by atoms with Gasteiger partial charge in [-0.15, -0.1) is 0 Å². The maximum Gasteiger partial charge on any atom is 0.305 e. The van der Waals surface area contributed by atoms with Crippen LogP contribution in [0.15, 0.2) is 52.3 Å². The number of ether oxygens (including phenoxy) is 2. The molecular formula is C18H18O4S. The lowest BCUT2D eigenvalue weighted by Crippen LogP contribution is -2.13. The van der Waals surface area contributed by atoms with Crippen LogP contribution in [0.25, 0.3) is 0 Å². The summed E-state index contributed by atoms with van der Waals surface area (Å²) in [4.78, 5) is 12.6. The molecular weight excluding hydrogens is 312 g/mol. The predicted octanol–water partition coefficient (Wildman–Crippen LogP) is 4.02. The van der Waals surface area contributed by atoms with Crippen LogP contribution in [-0.4, -0.2) is 17.1 Å². The van der Waals surface area contributed by atoms with Crippen molar-refractivity contribution in [2.75, 3.05) is 6.61 Å². The van der Waals surface area contributed by atoms with Gasteiger partial charge in [0, 0.05) is 29.6 Å². The van der Waals surface area contributed by atoms with Crippen LogP contribution in [0.1, 0.15) is 31.7 Å². The number of carbonyl (C=O) groups is 1. The predicted molar refractivity (Wildman–Crippen MR) is 87.3 cm³/mol. The van der Waals surface area contributed by atoms with Gasteiger partial charge in [0.05, 0.1) is 6.61 Å². The topological polar surface area (TPSA) is 58.6 Å². The summed E-state index contributed by atoms with van der Waals surface area (Å²) in [5, 5.41) is 0. The fourth-order valence-electron chi connectivity index (χ4n) is 2.40. The van der Waals surface area contributed by atoms with E-state index >= 15 is 0 Å². The van der Waals surface area contributed by atoms with Crippen molar-refractivity contribution in [1.29, 1.82) is 0 Å². The zero-order chi connectivity index (χ0) is 16.4. The maximum absolute atomic E-state index is 12.7. The largest absolute Gasteiger partial charge is 0.606 e. The van der Waals surface area contributed by atoms with Gasteiger partial charge in [-0.2, -0.15) is 0 Å². The number of benzene rings is 2. The SMILES string of the molecule is CCC(=O)OCC(C)c1ccc2c(c1)[S+]([O-])c1ccccc1O2. The van der Waals surface area contributed by atoms with Gasteiger partial charge >= 0.3 is 5.97 Å². The summed E-state index contributed by atoms with van der Waals surface area (Å²) in [6, 6.07) is 13.0. The van der Waals surface area contributed by atoms with Crippen molar-refractivity contribution in [3.63, 3.8) is 0 Å². The fourth-order valence-corrected chi connectivity index (χ4v) is 3.67. The molecule has 0 radical (unpaired) electrons. The number of para-hydroxylation sites is 1. The number of hydrogen-bond acceptors (Lipinski definition) is 4. The van der Waals surface area contributed by atoms with Crippen molar-refractivity contribution in [3.8, 4) is 11.5 Å². The van der Waals surface area contributed by atoms with Gasteiger partial charge in [0.25, 0.3) is 0 Å². The molecule has 0 saturated heterocycles. The van der Waals surface area contributed by atoms with E-state index in [0.29, 0.717) is 34.3 Å². The first-order valence-electron chi connectivity index (χ1n) is 7.58. The minimum atomic E-state index is -1.26. The van der Waals surface area contributed by atoms with E-state index in [0.717, 1.165) is 5.56 Å². The third-order valence-electron chi connectivity index (χ3n) is 3.79. The van der Waals surface area contributed by atoms with Crippen molar-refractivity contribution in [3.05, 3.63) is 48.0 Å². The Morgan fingerprint density at radius 2 is 1.96 bits per heavy atom. The highest BCUT2D eigenvalue weighted by Crippen LogP contribution is 2.43. The van der Waals surface area contributed by atoms with Crippen LogP contribution in [0.5, 0.6) is 11.5 Å². The normalized spacial score (nSPS) is 16.7. The first kappa shape index (κ1) is 15.9. The first-order chi connectivity index (χ1) is 11.1. The Labute approximate surface area is 138 Å². The lowest BCUT2D eigenvalue weighted by atomic mass is 10.0. The van der Waals surface area contributed by atoms with Gasteiger partial charge in [-0.3, -0.25) is 4.79 Å². The van der Waals surface area contributed by atoms with E-state index in [9.17, 15) is 9.35 Å². The molecule has 2 aromatic rings. The van der Waals surface area contributed by atoms with E-state index in [1.54, 1.807) is 6.92 Å². The zero-order valence-corrected chi connectivity index (χ0v) is 13.9. The summed E-state index contributed by atoms with van der Waals surface area (Å²) in [6.45, 7) is 4.06. The zero-order valence-electron chi connectivity index (χ0n) is 13.1. The van der Waals surface area contributed by atoms with Crippen LogP contribution >= 0.6 is 0 Å². The first-order valence-corrected chi connectivity index (χ1v) is 8.73. The third-order valence-corrected chi connectivity index (χ3v) is 5.24. The number of carbonyl (C=O) groups excluding carboxylic acids is 1. The molecule has 120 valence electrons. The van der Waals surface area contributed by atoms with Gasteiger partial charge in [0.2, 0.25) is 9.79 Å². The monoisotopic (exact) mass is 330 g/mol. The molecule has 0 fully saturated rings. The fraction of sp³-hybridized carbons (Fsp3) is 0.278. The highest BCUT2D eigenvalue weighted by Gasteiger charge is 2.30. The van der Waals surface area contributed by atoms with Crippen molar-refractivity contribution in [2.45, 2.75) is 36.0 Å². The van der Waals surface area contributed by atoms with Gasteiger partial charge in [-0.05, 0) is 23.8 Å². The molecule has 1 aliphatic heterocycles. The molecule has 0 aliphatic carbocycles. The van der Waals surface area contributed by atoms with Crippen LogP contribution < -0.4 is 4.74 Å². The minimum Gasteiger partial charge on any atom is -0.606 e. The third kappa shape index (κ3) is 3.21. The molecule has 0 bridgehead atoms. The standard InChI is InChI=1S/C18H18O4S/c1-3-18(19)21-11-12(2)13-8-9-15-17(10-13)23(20)16-7-5-4-6-14(16)22-15/h4-10,12H,3,11H2,1-2H3. The summed E-state index contributed by atoms with van der Waals surface area (Å²) in [5.74, 6) is 1.07. The van der Waals surface area contributed by atoms with Crippen LogP contribution in [0.2, 0.25) is 0 Å². The minimum absolute atomic E-state index is 0.0324. The van der Waals surface area contributed by atoms with Gasteiger partial charge in [-0.1, -0.05) is 32.0 Å². The number of hydrogen-bond donors (Lipinski definition) is 0. The van der Waals surface area contributed by atoms with Crippen molar-refractivity contribution < 1.29 is 18.8 Å². The second-order valence-electron chi connectivity index (χ2n) is 5.46. The molecule has 0 amide bonds. The molecule has 2 unspecified atom stereocenters. The van der Waals surface area contributed by atoms with Crippen molar-refractivity contribution in [2.24, 2.45) is 0 Å². The van der Waals surface area contributed by atoms with Crippen LogP contribution in [-0.2, 0) is 20.7 Å². The molecule has 23 heavy (non-hydrogen) atoms. The van der Waals surface area contributed by atoms with E-state index in [2.05, 4.69) is 0 Å². The van der Waals surface area contributed by atoms with E-state index < -0.39 is 11.2 Å². The van der Waals surface area contributed by atoms with Crippen LogP contribution in [0, 0.1) is 0 Å². The van der Waals surface area contributed by atoms with Gasteiger partial charge in [0.15, 0.2) is 11.5 Å². The summed E-state index contributed by atoms with van der Waals surface area (Å²) in [7, 11) is 0. The Kier molecular flexibility index (Phi) is 4.59. The molecule has 3 rings (SSSR count). The molecule has 1 aliphatic rings. The Morgan fingerprint density at radius 1 is 1.22 bits per heavy atom. The summed E-state index contributed by atoms with van der Waals surface area (Å²) in [6.07, 6.45) is 0.367. The molecule has 2 atom stereocenters. The van der Waals surface area contributed by atoms with Crippen LogP contribution in [0.3, 0.4) is 0 Å². The molecule has 0 saturated carbocycles. The smallest absolute Gasteiger partial charge is 0.305 e. The Balaban J connectivity index is 1.83.